The Labute approximate surface area is 436 Å². The molecule has 0 bridgehead atoms. The highest BCUT2D eigenvalue weighted by Gasteiger charge is 2.44. The molecular formula is C49H104F2N2O10. The van der Waals surface area contributed by atoms with Crippen LogP contribution in [0.25, 0.3) is 22.3 Å². The quantitative estimate of drug-likeness (QED) is 0.0949. The van der Waals surface area contributed by atoms with Gasteiger partial charge in [-0.1, -0.05) is 57.2 Å². The van der Waals surface area contributed by atoms with Gasteiger partial charge in [-0.15, -0.1) is 0 Å². The summed E-state index contributed by atoms with van der Waals surface area (Å²) >= 11 is 0. The monoisotopic (exact) mass is 1010 g/mol. The number of nitrogens with one attached hydrogen (secondary N) is 2. The van der Waals surface area contributed by atoms with Crippen LogP contribution in [-0.4, -0.2) is 84.2 Å². The number of aliphatic hydroxyl groups excluding tert-OH is 2. The van der Waals surface area contributed by atoms with Crippen molar-refractivity contribution in [1.82, 2.24) is 10.6 Å². The van der Waals surface area contributed by atoms with Gasteiger partial charge in [-0.25, -0.2) is 8.78 Å². The number of carbonyl (C=O) groups is 3. The molecule has 0 saturated carbocycles. The zero-order valence-corrected chi connectivity index (χ0v) is 37.1. The van der Waals surface area contributed by atoms with Crippen molar-refractivity contribution < 1.29 is 122 Å². The van der Waals surface area contributed by atoms with Crippen LogP contribution in [0.2, 0.25) is 0 Å². The van der Waals surface area contributed by atoms with Gasteiger partial charge in [-0.05, 0) is 115 Å². The number of benzene rings is 4. The summed E-state index contributed by atoms with van der Waals surface area (Å²) in [5.41, 5.74) is 4.78. The number of esters is 1. The van der Waals surface area contributed by atoms with Crippen LogP contribution >= 0.6 is 0 Å². The van der Waals surface area contributed by atoms with Gasteiger partial charge in [0, 0.05) is 111 Å². The molecule has 0 radical (unpaired) electrons. The molecule has 0 spiro atoms. The molecule has 6 rings (SSSR count). The summed E-state index contributed by atoms with van der Waals surface area (Å²) in [6.45, 7) is 14.9. The Hall–Kier alpha value is -5.41. The van der Waals surface area contributed by atoms with Crippen LogP contribution in [0.3, 0.4) is 0 Å². The summed E-state index contributed by atoms with van der Waals surface area (Å²) in [6.07, 6.45) is -3.70. The second kappa shape index (κ2) is 22.3. The zero-order chi connectivity index (χ0) is 90.0. The fraction of sp³-hybridized carbons (Fsp3) is 0.449. The van der Waals surface area contributed by atoms with E-state index < -0.39 is 30.9 Å². The number of halogens is 2. The summed E-state index contributed by atoms with van der Waals surface area (Å²) < 4.78 is 277. The maximum absolute atomic E-state index is 14.0. The lowest BCUT2D eigenvalue weighted by molar-refractivity contribution is -0.251. The van der Waals surface area contributed by atoms with Crippen LogP contribution in [0.1, 0.15) is 132 Å². The Kier molecular flexibility index (Phi) is 9.34. The number of rotatable bonds is 13. The van der Waals surface area contributed by atoms with Crippen molar-refractivity contribution in [1.29, 1.82) is 0 Å². The lowest BCUT2D eigenvalue weighted by Crippen LogP contribution is -2.54. The molecule has 2 aliphatic heterocycles. The van der Waals surface area contributed by atoms with Gasteiger partial charge in [0.15, 0.2) is 6.10 Å². The van der Waals surface area contributed by atoms with Crippen LogP contribution in [0.4, 0.5) is 8.78 Å². The van der Waals surface area contributed by atoms with E-state index in [1.165, 1.54) is 45.0 Å². The molecule has 4 aromatic carbocycles. The summed E-state index contributed by atoms with van der Waals surface area (Å²) in [5, 5.41) is 26.1. The molecule has 2 saturated heterocycles. The molecule has 10 atom stereocenters. The first-order valence-corrected chi connectivity index (χ1v) is 21.4. The van der Waals surface area contributed by atoms with Crippen molar-refractivity contribution in [3.05, 3.63) is 108 Å². The highest BCUT2D eigenvalue weighted by molar-refractivity contribution is 5.74. The van der Waals surface area contributed by atoms with Crippen molar-refractivity contribution in [3.8, 4) is 33.8 Å². The number of aliphatic hydroxyl groups is 2. The highest BCUT2D eigenvalue weighted by atomic mass is 19.1. The Morgan fingerprint density at radius 1 is 0.635 bits per heavy atom. The van der Waals surface area contributed by atoms with Crippen molar-refractivity contribution in [2.45, 2.75) is 111 Å². The first-order valence-electron chi connectivity index (χ1n) is 43.4. The molecule has 12 nitrogen and oxygen atoms in total. The molecule has 2 amide bonds. The van der Waals surface area contributed by atoms with Crippen LogP contribution in [-0.2, 0) is 41.4 Å². The van der Waals surface area contributed by atoms with E-state index in [1.807, 2.05) is 51.1 Å². The average molecular weight is 1010 g/mol. The maximum Gasteiger partial charge on any atom is 0.303 e. The van der Waals surface area contributed by atoms with E-state index in [4.69, 9.17) is 89.0 Å². The lowest BCUT2D eigenvalue weighted by Gasteiger charge is -2.42. The minimum atomic E-state index is -1.19. The minimum absolute atomic E-state index is 0.0438. The summed E-state index contributed by atoms with van der Waals surface area (Å²) in [5.74, 6) is -0.353. The molecule has 0 aromatic heterocycles. The Balaban J connectivity index is -0.0000000611. The van der Waals surface area contributed by atoms with Gasteiger partial charge in [0.2, 0.25) is 24.4 Å². The summed E-state index contributed by atoms with van der Waals surface area (Å²) in [4.78, 5) is 34.1. The molecule has 2 aliphatic rings. The Bertz CT molecular complexity index is 2290. The first-order chi connectivity index (χ1) is 51.9. The molecule has 63 heavy (non-hydrogen) atoms. The van der Waals surface area contributed by atoms with E-state index in [2.05, 4.69) is 17.6 Å². The molecule has 4 N–H and O–H groups in total. The van der Waals surface area contributed by atoms with E-state index in [1.54, 1.807) is 37.3 Å². The third-order valence-electron chi connectivity index (χ3n) is 11.7. The van der Waals surface area contributed by atoms with Crippen molar-refractivity contribution in [2.24, 2.45) is 17.8 Å². The highest BCUT2D eigenvalue weighted by Crippen LogP contribution is 2.36. The average Bonchev–Trinajstić information content (AvgIpc) is 0.808. The second-order valence-electron chi connectivity index (χ2n) is 16.4. The van der Waals surface area contributed by atoms with Gasteiger partial charge >= 0.3 is 5.97 Å². The van der Waals surface area contributed by atoms with Gasteiger partial charge in [0.25, 0.3) is 0 Å². The molecule has 1 unspecified atom stereocenters. The second-order valence-corrected chi connectivity index (χ2v) is 16.4. The Morgan fingerprint density at radius 3 is 1.56 bits per heavy atom. The van der Waals surface area contributed by atoms with Gasteiger partial charge in [-0.3, -0.25) is 14.4 Å². The van der Waals surface area contributed by atoms with Gasteiger partial charge in [0.05, 0.1) is 18.3 Å². The summed E-state index contributed by atoms with van der Waals surface area (Å²) in [7, 11) is 0. The molecule has 4 aromatic rings. The van der Waals surface area contributed by atoms with Gasteiger partial charge < -0.3 is 44.5 Å². The van der Waals surface area contributed by atoms with Crippen molar-refractivity contribution >= 4 is 17.8 Å². The maximum atomic E-state index is 14.0. The van der Waals surface area contributed by atoms with Gasteiger partial charge in [-0.2, -0.15) is 0 Å². The van der Waals surface area contributed by atoms with Crippen LogP contribution in [0, 0.1) is 29.4 Å². The molecule has 0 aliphatic carbocycles. The molecule has 14 heteroatoms. The molecule has 2 heterocycles. The standard InChI is InChI=1S/C26H32FNO5.C23H28FNO5.22H2/c1-15-16(2)25(32-19(5)30)26(31-17(15)3)33-23-10-9-20(11-12-28-18(4)29)24(14-23)21-7-6-8-22(27)13-21;1-13-14(2)29-23(22(28)21(13)27)30-19-8-7-16(9-10-25-15(3)26)20(12-19)17-5-4-6-18(24)11-17;;;;;;;;;;;;;;;;;;;;;;/h6-10,13-17,25-26H,11-12H2,1-5H3,(H,28,29);4-8,11-14,21-23,27-28H,9-10H2,1-3H3,(H,25,26);22*1H/t15-,16-,17+,25?,26+;13-,14-,21+,22+,23-;;;;;;;;;;;;;;;;;;;;;;/m10....................../s1/i;;22*1+2T. The van der Waals surface area contributed by atoms with E-state index in [-0.39, 0.29) is 59.4 Å². The van der Waals surface area contributed by atoms with Crippen molar-refractivity contribution in [2.75, 3.05) is 13.1 Å². The van der Waals surface area contributed by atoms with E-state index >= 15 is 0 Å². The number of ether oxygens (including phenoxy) is 5. The molecule has 384 valence electrons. The normalized spacial score (nSPS) is 28.3. The number of amides is 2. The molecule has 2 fully saturated rings. The molecular weight excluding hydrogens is 815 g/mol. The van der Waals surface area contributed by atoms with Crippen LogP contribution in [0.5, 0.6) is 11.5 Å². The predicted octanol–water partition coefficient (Wildman–Crippen LogP) is 12.6. The number of hydrogen-bond donors (Lipinski definition) is 4. The Morgan fingerprint density at radius 2 is 1.10 bits per heavy atom. The van der Waals surface area contributed by atoms with Crippen LogP contribution in [0.15, 0.2) is 84.9 Å². The minimum Gasteiger partial charge on any atom is -0.462 e. The number of hydrogen-bond acceptors (Lipinski definition) is 10. The smallest absolute Gasteiger partial charge is 0.303 e. The topological polar surface area (TPSA) is 162 Å². The fourth-order valence-electron chi connectivity index (χ4n) is 7.66. The van der Waals surface area contributed by atoms with E-state index in [0.29, 0.717) is 48.6 Å². The van der Waals surface area contributed by atoms with Crippen LogP contribution < -0.4 is 20.1 Å². The van der Waals surface area contributed by atoms with Gasteiger partial charge in [0.1, 0.15) is 29.2 Å². The largest absolute Gasteiger partial charge is 0.462 e. The van der Waals surface area contributed by atoms with Crippen molar-refractivity contribution in [3.63, 3.8) is 0 Å². The third kappa shape index (κ3) is 13.3. The third-order valence-corrected chi connectivity index (χ3v) is 11.7. The zero-order valence-electron chi connectivity index (χ0n) is 81.1. The predicted molar refractivity (Wildman–Crippen MR) is 280 cm³/mol. The first kappa shape index (κ1) is 26.4. The summed E-state index contributed by atoms with van der Waals surface area (Å²) in [6, 6.07) is 23.4. The SMILES string of the molecule is CC(=O)NCCc1ccc(O[C@@H]2O[C@@H](C)[C@H](C)[C@@H](C)C2OC(C)=O)cc1-c1cccc(F)c1.CC(=O)NCCc1ccc(O[C@@H]2O[C@@H](C)[C@H](C)[C@@H](O)[C@H]2O)cc1-c1cccc(F)c1.[3H][3H].[3H][3H].[3H][3H].[3H][3H].[3H][3H].[3H][3H].[3H][3H].[3H][3H].[3H][3H].[3H][3H].[3H][3H].[3H][3H].[3H][3H].[3H][3H].[3H][3H].[3H][3H].[3H][3H].[3H][3H].[3H][3H].[3H][3H].[3H][3H].[3H][3H]. The fourth-order valence-corrected chi connectivity index (χ4v) is 7.66. The lowest BCUT2D eigenvalue weighted by atomic mass is 9.84. The van der Waals surface area contributed by atoms with E-state index in [9.17, 15) is 33.4 Å². The number of carbonyl (C=O) groups excluding carboxylic acids is 3. The van der Waals surface area contributed by atoms with E-state index in [0.717, 1.165) is 22.3 Å².